The van der Waals surface area contributed by atoms with E-state index in [1.807, 2.05) is 26.0 Å². The van der Waals surface area contributed by atoms with Crippen molar-refractivity contribution >= 4 is 23.1 Å². The number of rotatable bonds is 11. The van der Waals surface area contributed by atoms with Crippen molar-refractivity contribution in [2.75, 3.05) is 35.4 Å². The molecule has 0 N–H and O–H groups in total. The van der Waals surface area contributed by atoms with Gasteiger partial charge < -0.3 is 42.8 Å². The number of esters is 1. The fraction of sp³-hybridized carbons (Fsp3) is 0.745. The summed E-state index contributed by atoms with van der Waals surface area (Å²) in [7, 11) is 9.13. The number of thiazole rings is 1. The van der Waals surface area contributed by atoms with Crippen LogP contribution < -0.4 is 0 Å². The number of likely N-dealkylation sites (N-methyl/N-ethyl adjacent to an activating group) is 1. The summed E-state index contributed by atoms with van der Waals surface area (Å²) in [4.78, 5) is 38.5. The number of hydrogen-bond acceptors (Lipinski definition) is 13. The van der Waals surface area contributed by atoms with Crippen LogP contribution in [-0.4, -0.2) is 125 Å². The minimum absolute atomic E-state index is 0.00531. The lowest BCUT2D eigenvalue weighted by atomic mass is 9.67. The van der Waals surface area contributed by atoms with Gasteiger partial charge in [-0.15, -0.1) is 11.3 Å². The Kier molecular flexibility index (Phi) is 14.1. The molecular formula is C51H71FN2O10S. The number of carbonyl (C=O) groups is 2. The number of aromatic nitrogens is 1. The van der Waals surface area contributed by atoms with Crippen molar-refractivity contribution < 1.29 is 51.9 Å². The average Bonchev–Trinajstić information content (AvgIpc) is 3.58. The van der Waals surface area contributed by atoms with Gasteiger partial charge in [0.05, 0.1) is 36.5 Å². The van der Waals surface area contributed by atoms with Crippen LogP contribution in [0.2, 0.25) is 0 Å². The van der Waals surface area contributed by atoms with Crippen LogP contribution >= 0.6 is 11.3 Å². The van der Waals surface area contributed by atoms with Crippen LogP contribution in [-0.2, 0) is 52.9 Å². The van der Waals surface area contributed by atoms with E-state index in [1.165, 1.54) is 17.0 Å². The average molecular weight is 923 g/mol. The van der Waals surface area contributed by atoms with Gasteiger partial charge in [-0.3, -0.25) is 9.59 Å². The number of carbonyl (C=O) groups excluding carboxylic acids is 2. The minimum Gasteiger partial charge on any atom is -0.462 e. The molecule has 4 unspecified atom stereocenters. The van der Waals surface area contributed by atoms with Crippen LogP contribution in [0.15, 0.2) is 35.9 Å². The number of allylic oxidation sites excluding steroid dienone is 2. The summed E-state index contributed by atoms with van der Waals surface area (Å²) in [6.45, 7) is 8.15. The summed E-state index contributed by atoms with van der Waals surface area (Å²) < 4.78 is 65.0. The van der Waals surface area contributed by atoms with Gasteiger partial charge in [0.25, 0.3) is 0 Å². The maximum absolute atomic E-state index is 15.3. The van der Waals surface area contributed by atoms with Gasteiger partial charge in [0, 0.05) is 61.3 Å². The summed E-state index contributed by atoms with van der Waals surface area (Å²) in [5.74, 6) is -1.43. The normalized spacial score (nSPS) is 40.5. The Balaban J connectivity index is 1.07. The fourth-order valence-corrected chi connectivity index (χ4v) is 14.4. The lowest BCUT2D eigenvalue weighted by molar-refractivity contribution is -0.314. The van der Waals surface area contributed by atoms with Crippen molar-refractivity contribution in [3.05, 3.63) is 62.9 Å². The third-order valence-corrected chi connectivity index (χ3v) is 17.9. The van der Waals surface area contributed by atoms with Crippen LogP contribution in [0.5, 0.6) is 0 Å². The first-order chi connectivity index (χ1) is 31.3. The van der Waals surface area contributed by atoms with Crippen LogP contribution in [0.25, 0.3) is 0 Å². The molecule has 1 aromatic carbocycles. The Morgan fingerprint density at radius 2 is 1.62 bits per heavy atom. The van der Waals surface area contributed by atoms with E-state index in [2.05, 4.69) is 38.9 Å². The lowest BCUT2D eigenvalue weighted by Gasteiger charge is -2.44. The SMILES string of the molecule is CC[C@H]1CCC[C@H](O[C@H]2CC[C@H](N(C)C)C(C)O2)[C@@H](C)C(=O)C2=C[C@H]3[C@@H]4C[C@H](O[C@@H]5OC(C)[C@H](OC)C(OC)C5OC)C[C@H]4c4sc(C5(c6ccc(F)cc6)CC5)nc4[C@H]3[C@@H]2CC(=O)O1. The van der Waals surface area contributed by atoms with Gasteiger partial charge >= 0.3 is 5.97 Å². The third-order valence-electron chi connectivity index (χ3n) is 16.4. The van der Waals surface area contributed by atoms with Gasteiger partial charge in [0.2, 0.25) is 0 Å². The molecule has 3 saturated heterocycles. The minimum atomic E-state index is -0.681. The van der Waals surface area contributed by atoms with Crippen molar-refractivity contribution in [2.24, 2.45) is 23.7 Å². The molecule has 0 radical (unpaired) electrons. The molecule has 0 spiro atoms. The maximum Gasteiger partial charge on any atom is 0.306 e. The van der Waals surface area contributed by atoms with Gasteiger partial charge in [0.15, 0.2) is 18.4 Å². The van der Waals surface area contributed by atoms with Gasteiger partial charge in [-0.25, -0.2) is 9.37 Å². The molecule has 4 aliphatic carbocycles. The predicted molar refractivity (Wildman–Crippen MR) is 242 cm³/mol. The zero-order chi connectivity index (χ0) is 45.9. The van der Waals surface area contributed by atoms with Crippen LogP contribution in [0.3, 0.4) is 0 Å². The molecule has 7 aliphatic rings. The highest BCUT2D eigenvalue weighted by Gasteiger charge is 2.59. The second-order valence-electron chi connectivity index (χ2n) is 20.4. The van der Waals surface area contributed by atoms with Gasteiger partial charge in [-0.05, 0) is 127 Å². The highest BCUT2D eigenvalue weighted by atomic mass is 32.1. The molecule has 2 aromatic rings. The van der Waals surface area contributed by atoms with E-state index in [9.17, 15) is 9.18 Å². The Morgan fingerprint density at radius 1 is 0.877 bits per heavy atom. The third kappa shape index (κ3) is 8.95. The van der Waals surface area contributed by atoms with E-state index in [-0.39, 0.29) is 89.7 Å². The lowest BCUT2D eigenvalue weighted by Crippen LogP contribution is -2.59. The zero-order valence-corrected chi connectivity index (χ0v) is 40.6. The second kappa shape index (κ2) is 19.4. The van der Waals surface area contributed by atoms with Crippen LogP contribution in [0.1, 0.15) is 131 Å². The van der Waals surface area contributed by atoms with E-state index in [0.29, 0.717) is 30.9 Å². The molecule has 14 heteroatoms. The van der Waals surface area contributed by atoms with E-state index in [4.69, 9.17) is 42.9 Å². The van der Waals surface area contributed by atoms with Crippen molar-refractivity contribution in [1.29, 1.82) is 0 Å². The van der Waals surface area contributed by atoms with E-state index in [0.717, 1.165) is 61.2 Å². The van der Waals surface area contributed by atoms with Crippen molar-refractivity contribution in [2.45, 2.75) is 183 Å². The number of ether oxygens (including phenoxy) is 8. The monoisotopic (exact) mass is 922 g/mol. The Hall–Kier alpha value is -2.66. The summed E-state index contributed by atoms with van der Waals surface area (Å²) >= 11 is 1.77. The predicted octanol–water partition coefficient (Wildman–Crippen LogP) is 8.24. The number of halogens is 1. The zero-order valence-electron chi connectivity index (χ0n) is 39.7. The number of nitrogens with zero attached hydrogens (tertiary/aromatic N) is 2. The van der Waals surface area contributed by atoms with E-state index < -0.39 is 36.6 Å². The second-order valence-corrected chi connectivity index (χ2v) is 21.4. The molecule has 17 atom stereocenters. The number of methoxy groups -OCH3 is 3. The molecule has 0 amide bonds. The quantitative estimate of drug-likeness (QED) is 0.202. The van der Waals surface area contributed by atoms with Crippen LogP contribution in [0.4, 0.5) is 4.39 Å². The van der Waals surface area contributed by atoms with Gasteiger partial charge in [-0.1, -0.05) is 32.1 Å². The number of cyclic esters (lactones) is 1. The first-order valence-electron chi connectivity index (χ1n) is 24.4. The molecule has 12 nitrogen and oxygen atoms in total. The molecule has 0 bridgehead atoms. The molecule has 9 rings (SSSR count). The standard InChI is InChI=1S/C51H71FN2O10S/c1-10-31-12-11-13-39(64-41-19-18-38(54(5)6)27(3)60-41)26(2)44(56)36-24-34-33-22-32(63-49-47(59-9)46(58-8)45(57-7)28(4)61-49)23-37(33)48-43(42(34)35(36)25-40(55)62-31)53-50(65-48)51(20-21-51)29-14-16-30(52)17-15-29/h14-17,24,26-28,31-35,37-39,41-42,45-47,49H,10-13,18-23,25H2,1-9H3/t26-,27?,28?,31+,32+,33+,34+,35-,37-,38+,39+,41+,42-,45+,46?,47?,49+/m1/s1. The maximum atomic E-state index is 15.3. The van der Waals surface area contributed by atoms with Crippen molar-refractivity contribution in [1.82, 2.24) is 9.88 Å². The molecule has 2 saturated carbocycles. The first-order valence-corrected chi connectivity index (χ1v) is 25.2. The first kappa shape index (κ1) is 47.4. The molecule has 358 valence electrons. The summed E-state index contributed by atoms with van der Waals surface area (Å²) in [6.07, 6.45) is 6.79. The molecule has 65 heavy (non-hydrogen) atoms. The Labute approximate surface area is 388 Å². The molecular weight excluding hydrogens is 852 g/mol. The van der Waals surface area contributed by atoms with E-state index >= 15 is 4.79 Å². The Morgan fingerprint density at radius 3 is 2.28 bits per heavy atom. The molecule has 5 fully saturated rings. The highest BCUT2D eigenvalue weighted by molar-refractivity contribution is 7.12. The highest BCUT2D eigenvalue weighted by Crippen LogP contribution is 2.65. The molecule has 4 heterocycles. The van der Waals surface area contributed by atoms with Crippen LogP contribution in [0, 0.1) is 29.5 Å². The topological polar surface area (TPSA) is 124 Å². The fourth-order valence-electron chi connectivity index (χ4n) is 12.8. The number of ketones is 1. The smallest absolute Gasteiger partial charge is 0.306 e. The number of benzene rings is 1. The molecule has 3 aliphatic heterocycles. The number of fused-ring (bicyclic) bond motifs is 8. The summed E-state index contributed by atoms with van der Waals surface area (Å²) in [5.41, 5.74) is 2.45. The van der Waals surface area contributed by atoms with Crippen molar-refractivity contribution in [3.8, 4) is 0 Å². The summed E-state index contributed by atoms with van der Waals surface area (Å²) in [6, 6.07) is 7.17. The van der Waals surface area contributed by atoms with Crippen molar-refractivity contribution in [3.63, 3.8) is 0 Å². The van der Waals surface area contributed by atoms with E-state index in [1.54, 1.807) is 32.7 Å². The number of Topliss-reactive ketones (excluding diaryl/α,β-unsaturated/α-hetero) is 1. The van der Waals surface area contributed by atoms with Gasteiger partial charge in [-0.2, -0.15) is 0 Å². The van der Waals surface area contributed by atoms with Gasteiger partial charge in [0.1, 0.15) is 35.2 Å². The molecule has 1 aromatic heterocycles. The largest absolute Gasteiger partial charge is 0.462 e. The summed E-state index contributed by atoms with van der Waals surface area (Å²) in [5, 5.41) is 1.02. The Bertz CT molecular complexity index is 2040. The number of hydrogen-bond donors (Lipinski definition) is 0.